The zero-order chi connectivity index (χ0) is 35.7. The van der Waals surface area contributed by atoms with E-state index < -0.39 is 18.5 Å². The number of nitrogens with zero attached hydrogens (tertiary/aromatic N) is 1. The summed E-state index contributed by atoms with van der Waals surface area (Å²) in [7, 11) is 2.08. The molecule has 1 aromatic rings. The molecule has 0 aromatic heterocycles. The zero-order valence-electron chi connectivity index (χ0n) is 29.6. The predicted octanol–water partition coefficient (Wildman–Crippen LogP) is 9.75. The lowest BCUT2D eigenvalue weighted by Gasteiger charge is -2.59. The van der Waals surface area contributed by atoms with Crippen molar-refractivity contribution in [3.05, 3.63) is 29.3 Å². The molecule has 0 N–H and O–H groups in total. The molecular weight excluding hydrogens is 661 g/mol. The topological polar surface area (TPSA) is 55.8 Å². The minimum Gasteiger partial charge on any atom is -0.459 e. The van der Waals surface area contributed by atoms with Crippen molar-refractivity contribution in [3.8, 4) is 5.75 Å². The summed E-state index contributed by atoms with van der Waals surface area (Å²) in [5.74, 6) is -1.95. The van der Waals surface area contributed by atoms with Gasteiger partial charge in [-0.25, -0.2) is 0 Å². The van der Waals surface area contributed by atoms with Crippen LogP contribution in [-0.2, 0) is 20.7 Å². The number of unbranched alkanes of at least 4 members (excludes halogenated alkanes) is 2. The van der Waals surface area contributed by atoms with Gasteiger partial charge in [-0.1, -0.05) is 25.8 Å². The van der Waals surface area contributed by atoms with E-state index in [1.807, 2.05) is 6.07 Å². The Labute approximate surface area is 292 Å². The lowest BCUT2D eigenvalue weighted by atomic mass is 9.45. The van der Waals surface area contributed by atoms with Gasteiger partial charge in [0.25, 0.3) is 0 Å². The van der Waals surface area contributed by atoms with Crippen LogP contribution < -0.4 is 4.74 Å². The summed E-state index contributed by atoms with van der Waals surface area (Å²) in [4.78, 5) is 26.3. The van der Waals surface area contributed by atoms with Crippen LogP contribution in [0.3, 0.4) is 0 Å². The van der Waals surface area contributed by atoms with E-state index in [9.17, 15) is 31.5 Å². The molecule has 49 heavy (non-hydrogen) atoms. The van der Waals surface area contributed by atoms with Crippen LogP contribution >= 0.6 is 11.8 Å². The minimum absolute atomic E-state index is 0.0184. The summed E-state index contributed by atoms with van der Waals surface area (Å²) >= 11 is 1.44. The molecule has 0 radical (unpaired) electrons. The monoisotopic (exact) mass is 715 g/mol. The van der Waals surface area contributed by atoms with Crippen molar-refractivity contribution < 1.29 is 41.0 Å². The molecule has 11 heteroatoms. The summed E-state index contributed by atoms with van der Waals surface area (Å²) in [6.07, 6.45) is 5.76. The first-order valence-electron chi connectivity index (χ1n) is 18.3. The van der Waals surface area contributed by atoms with Gasteiger partial charge >= 0.3 is 24.0 Å². The van der Waals surface area contributed by atoms with Gasteiger partial charge in [-0.3, -0.25) is 9.59 Å². The second kappa shape index (κ2) is 15.0. The second-order valence-electron chi connectivity index (χ2n) is 15.6. The zero-order valence-corrected chi connectivity index (χ0v) is 30.4. The predicted molar refractivity (Wildman–Crippen MR) is 182 cm³/mol. The first-order valence-corrected chi connectivity index (χ1v) is 19.4. The van der Waals surface area contributed by atoms with E-state index in [-0.39, 0.29) is 34.8 Å². The number of hydrogen-bond donors (Lipinski definition) is 0. The number of carbonyl (C=O) groups excluding carboxylic acids is 2. The van der Waals surface area contributed by atoms with Gasteiger partial charge in [-0.2, -0.15) is 33.7 Å². The number of benzene rings is 1. The fraction of sp³-hybridized carbons (Fsp3) is 0.789. The maximum Gasteiger partial charge on any atom is 0.453 e. The van der Waals surface area contributed by atoms with Crippen molar-refractivity contribution in [2.75, 3.05) is 31.6 Å². The van der Waals surface area contributed by atoms with Crippen LogP contribution in [0.5, 0.6) is 5.75 Å². The lowest BCUT2D eigenvalue weighted by molar-refractivity contribution is -0.284. The summed E-state index contributed by atoms with van der Waals surface area (Å²) in [5, 5.41) is 0. The molecule has 5 rings (SSSR count). The van der Waals surface area contributed by atoms with Crippen LogP contribution in [0.25, 0.3) is 0 Å². The van der Waals surface area contributed by atoms with Gasteiger partial charge in [-0.15, -0.1) is 0 Å². The van der Waals surface area contributed by atoms with Crippen molar-refractivity contribution in [1.82, 2.24) is 4.90 Å². The average Bonchev–Trinajstić information content (AvgIpc) is 3.40. The highest BCUT2D eigenvalue weighted by molar-refractivity contribution is 7.99. The average molecular weight is 716 g/mol. The molecule has 276 valence electrons. The summed E-state index contributed by atoms with van der Waals surface area (Å²) in [5.41, 5.74) is 2.50. The van der Waals surface area contributed by atoms with Gasteiger partial charge in [0.05, 0.1) is 0 Å². The van der Waals surface area contributed by atoms with E-state index >= 15 is 0 Å². The summed E-state index contributed by atoms with van der Waals surface area (Å²) < 4.78 is 74.8. The quantitative estimate of drug-likeness (QED) is 0.0736. The highest BCUT2D eigenvalue weighted by Crippen LogP contribution is 2.79. The van der Waals surface area contributed by atoms with Gasteiger partial charge in [0, 0.05) is 25.7 Å². The fourth-order valence-electron chi connectivity index (χ4n) is 10.7. The van der Waals surface area contributed by atoms with E-state index in [1.54, 1.807) is 6.92 Å². The third kappa shape index (κ3) is 7.68. The molecule has 4 aliphatic carbocycles. The molecule has 0 unspecified atom stereocenters. The maximum absolute atomic E-state index is 13.1. The number of halogens is 5. The standard InChI is InChI=1S/C38H54F5NO4S/c1-26(45)47-30-11-12-31-29(25-30)24-28(33-32(31)13-15-34(3)35(33)16-18-36(34,19-17-35)48-27(2)46)10-6-5-7-20-44(4)21-9-23-49-22-8-14-37(39,40)38(41,42)43/h11-12,25,28,32-33H,5-10,13-24H2,1-4H3/t28-,32-,33-,34+,35-,36-/m1/s1. The SMILES string of the molecule is CC(=O)Oc1ccc2c(c1)C[C@@H](CCCCCN(C)CCCSCCCC(F)(F)C(F)(F)F)[C@@H]1[C@@H]2CC[C@]2(C)[C@]3(OC(C)=O)CC[C@]12CC3. The van der Waals surface area contributed by atoms with E-state index in [2.05, 4.69) is 31.0 Å². The summed E-state index contributed by atoms with van der Waals surface area (Å²) in [6, 6.07) is 6.23. The maximum atomic E-state index is 13.1. The van der Waals surface area contributed by atoms with Gasteiger partial charge in [0.15, 0.2) is 0 Å². The first kappa shape index (κ1) is 38.4. The van der Waals surface area contributed by atoms with Crippen molar-refractivity contribution >= 4 is 23.7 Å². The van der Waals surface area contributed by atoms with Crippen LogP contribution in [0.4, 0.5) is 22.0 Å². The molecule has 4 aliphatic rings. The van der Waals surface area contributed by atoms with Crippen LogP contribution in [0, 0.1) is 22.7 Å². The third-order valence-corrected chi connectivity index (χ3v) is 14.0. The highest BCUT2D eigenvalue weighted by atomic mass is 32.2. The van der Waals surface area contributed by atoms with Crippen molar-refractivity contribution in [2.45, 2.75) is 134 Å². The molecule has 2 bridgehead atoms. The largest absolute Gasteiger partial charge is 0.459 e. The Morgan fingerprint density at radius 1 is 0.918 bits per heavy atom. The number of alkyl halides is 5. The Hall–Kier alpha value is -1.88. The molecule has 0 amide bonds. The van der Waals surface area contributed by atoms with Crippen molar-refractivity contribution in [3.63, 3.8) is 0 Å². The normalized spacial score (nSPS) is 30.5. The number of ether oxygens (including phenoxy) is 2. The Balaban J connectivity index is 1.14. The number of rotatable bonds is 16. The van der Waals surface area contributed by atoms with Crippen LogP contribution in [-0.4, -0.2) is 66.2 Å². The number of thioether (sulfide) groups is 1. The number of hydrogen-bond acceptors (Lipinski definition) is 6. The van der Waals surface area contributed by atoms with E-state index in [0.717, 1.165) is 95.9 Å². The van der Waals surface area contributed by atoms with Gasteiger partial charge in [0.1, 0.15) is 11.4 Å². The Morgan fingerprint density at radius 3 is 2.29 bits per heavy atom. The van der Waals surface area contributed by atoms with Gasteiger partial charge in [0.2, 0.25) is 0 Å². The number of carbonyl (C=O) groups is 2. The Bertz CT molecular complexity index is 1330. The molecular formula is C38H54F5NO4S. The molecule has 5 nitrogen and oxygen atoms in total. The Morgan fingerprint density at radius 2 is 1.61 bits per heavy atom. The van der Waals surface area contributed by atoms with Crippen LogP contribution in [0.1, 0.15) is 121 Å². The van der Waals surface area contributed by atoms with Gasteiger partial charge in [-0.05, 0) is 149 Å². The molecule has 0 aliphatic heterocycles. The molecule has 4 atom stereocenters. The lowest BCUT2D eigenvalue weighted by Crippen LogP contribution is -2.55. The van der Waals surface area contributed by atoms with Crippen molar-refractivity contribution in [1.29, 1.82) is 0 Å². The third-order valence-electron chi connectivity index (χ3n) is 12.8. The van der Waals surface area contributed by atoms with Crippen molar-refractivity contribution in [2.24, 2.45) is 22.7 Å². The highest BCUT2D eigenvalue weighted by Gasteiger charge is 2.76. The first-order chi connectivity index (χ1) is 23.0. The second-order valence-corrected chi connectivity index (χ2v) is 16.8. The molecule has 1 aromatic carbocycles. The minimum atomic E-state index is -5.47. The van der Waals surface area contributed by atoms with Crippen LogP contribution in [0.2, 0.25) is 0 Å². The fourth-order valence-corrected chi connectivity index (χ4v) is 11.5. The summed E-state index contributed by atoms with van der Waals surface area (Å²) in [6.45, 7) is 7.23. The van der Waals surface area contributed by atoms with E-state index in [4.69, 9.17) is 9.47 Å². The Kier molecular flexibility index (Phi) is 11.7. The smallest absolute Gasteiger partial charge is 0.453 e. The van der Waals surface area contributed by atoms with E-state index in [0.29, 0.717) is 29.3 Å². The van der Waals surface area contributed by atoms with E-state index in [1.165, 1.54) is 29.8 Å². The molecule has 3 saturated carbocycles. The molecule has 0 saturated heterocycles. The molecule has 3 fully saturated rings. The van der Waals surface area contributed by atoms with Gasteiger partial charge < -0.3 is 14.4 Å². The number of esters is 2. The number of fused-ring (bicyclic) bond motifs is 3. The van der Waals surface area contributed by atoms with Crippen LogP contribution in [0.15, 0.2) is 18.2 Å². The molecule has 0 heterocycles. The molecule has 0 spiro atoms.